The lowest BCUT2D eigenvalue weighted by atomic mass is 10.1. The maximum absolute atomic E-state index is 11.8. The molecule has 1 aromatic heterocycles. The van der Waals surface area contributed by atoms with E-state index in [1.54, 1.807) is 23.3 Å². The van der Waals surface area contributed by atoms with Crippen molar-refractivity contribution in [3.8, 4) is 27.6 Å². The van der Waals surface area contributed by atoms with Gasteiger partial charge in [0.15, 0.2) is 6.61 Å². The Labute approximate surface area is 148 Å². The van der Waals surface area contributed by atoms with Gasteiger partial charge < -0.3 is 9.64 Å². The lowest BCUT2D eigenvalue weighted by Crippen LogP contribution is -2.35. The first kappa shape index (κ1) is 15.2. The van der Waals surface area contributed by atoms with E-state index in [1.165, 1.54) is 0 Å². The van der Waals surface area contributed by atoms with Crippen molar-refractivity contribution in [3.05, 3.63) is 52.9 Å². The molecule has 0 radical (unpaired) electrons. The Bertz CT molecular complexity index is 938. The first-order valence-corrected chi connectivity index (χ1v) is 8.63. The molecule has 120 valence electrons. The van der Waals surface area contributed by atoms with Gasteiger partial charge in [0.2, 0.25) is 0 Å². The zero-order valence-corrected chi connectivity index (χ0v) is 14.4. The molecule has 24 heavy (non-hydrogen) atoms. The summed E-state index contributed by atoms with van der Waals surface area (Å²) in [4.78, 5) is 18.1. The van der Waals surface area contributed by atoms with Gasteiger partial charge in [-0.05, 0) is 24.3 Å². The largest absolute Gasteiger partial charge is 0.482 e. The fourth-order valence-corrected chi connectivity index (χ4v) is 3.75. The normalized spacial score (nSPS) is 13.6. The predicted octanol–water partition coefficient (Wildman–Crippen LogP) is 4.49. The monoisotopic (exact) mass is 356 g/mol. The van der Waals surface area contributed by atoms with Gasteiger partial charge in [0, 0.05) is 23.6 Å². The number of anilines is 1. The van der Waals surface area contributed by atoms with Crippen molar-refractivity contribution in [2.75, 3.05) is 18.6 Å². The molecule has 0 bridgehead atoms. The Kier molecular flexibility index (Phi) is 3.75. The molecular weight excluding hydrogens is 344 g/mol. The van der Waals surface area contributed by atoms with Crippen LogP contribution in [0.15, 0.2) is 47.8 Å². The summed E-state index contributed by atoms with van der Waals surface area (Å²) in [6.07, 6.45) is 0. The molecule has 0 unspecified atom stereocenters. The number of hydrogen-bond donors (Lipinski definition) is 0. The maximum Gasteiger partial charge on any atom is 0.264 e. The highest BCUT2D eigenvalue weighted by Crippen LogP contribution is 2.37. The SMILES string of the molecule is CN1C(=O)COc2ccc(-c3csc(-c4ccccc4Cl)n3)cc21. The van der Waals surface area contributed by atoms with E-state index in [1.807, 2.05) is 47.8 Å². The van der Waals surface area contributed by atoms with Crippen molar-refractivity contribution in [1.82, 2.24) is 4.98 Å². The summed E-state index contributed by atoms with van der Waals surface area (Å²) in [5.74, 6) is 0.650. The molecule has 0 spiro atoms. The van der Waals surface area contributed by atoms with Crippen molar-refractivity contribution >= 4 is 34.5 Å². The number of likely N-dealkylation sites (N-methyl/N-ethyl adjacent to an activating group) is 1. The topological polar surface area (TPSA) is 42.4 Å². The van der Waals surface area contributed by atoms with E-state index in [0.29, 0.717) is 10.8 Å². The second-order valence-corrected chi connectivity index (χ2v) is 6.71. The maximum atomic E-state index is 11.8. The number of fused-ring (bicyclic) bond motifs is 1. The number of ether oxygens (including phenoxy) is 1. The van der Waals surface area contributed by atoms with Gasteiger partial charge in [0.05, 0.1) is 16.4 Å². The van der Waals surface area contributed by atoms with Crippen LogP contribution in [0.2, 0.25) is 5.02 Å². The quantitative estimate of drug-likeness (QED) is 0.679. The summed E-state index contributed by atoms with van der Waals surface area (Å²) >= 11 is 7.79. The number of amides is 1. The van der Waals surface area contributed by atoms with E-state index in [0.717, 1.165) is 27.5 Å². The van der Waals surface area contributed by atoms with Crippen LogP contribution in [0.4, 0.5) is 5.69 Å². The van der Waals surface area contributed by atoms with Crippen LogP contribution in [0, 0.1) is 0 Å². The Balaban J connectivity index is 1.73. The number of halogens is 1. The molecule has 6 heteroatoms. The molecule has 0 saturated heterocycles. The average Bonchev–Trinajstić information content (AvgIpc) is 3.08. The summed E-state index contributed by atoms with van der Waals surface area (Å²) in [5.41, 5.74) is 3.47. The smallest absolute Gasteiger partial charge is 0.264 e. The Morgan fingerprint density at radius 3 is 2.92 bits per heavy atom. The van der Waals surface area contributed by atoms with E-state index in [9.17, 15) is 4.79 Å². The molecule has 0 fully saturated rings. The van der Waals surface area contributed by atoms with Crippen LogP contribution in [0.1, 0.15) is 0 Å². The minimum absolute atomic E-state index is 0.0605. The summed E-state index contributed by atoms with van der Waals surface area (Å²) in [6.45, 7) is 0.0796. The molecule has 2 aromatic carbocycles. The number of benzene rings is 2. The van der Waals surface area contributed by atoms with Gasteiger partial charge >= 0.3 is 0 Å². The highest BCUT2D eigenvalue weighted by atomic mass is 35.5. The zero-order chi connectivity index (χ0) is 16.7. The number of hydrogen-bond acceptors (Lipinski definition) is 4. The Hall–Kier alpha value is -2.37. The molecule has 2 heterocycles. The van der Waals surface area contributed by atoms with Gasteiger partial charge in [-0.2, -0.15) is 0 Å². The second kappa shape index (κ2) is 5.92. The molecule has 1 amide bonds. The van der Waals surface area contributed by atoms with Gasteiger partial charge in [0.1, 0.15) is 10.8 Å². The molecule has 0 N–H and O–H groups in total. The number of thiazole rings is 1. The highest BCUT2D eigenvalue weighted by molar-refractivity contribution is 7.13. The zero-order valence-electron chi connectivity index (χ0n) is 12.8. The Morgan fingerprint density at radius 2 is 2.08 bits per heavy atom. The highest BCUT2D eigenvalue weighted by Gasteiger charge is 2.23. The van der Waals surface area contributed by atoms with Crippen molar-refractivity contribution in [1.29, 1.82) is 0 Å². The lowest BCUT2D eigenvalue weighted by Gasteiger charge is -2.26. The van der Waals surface area contributed by atoms with Crippen LogP contribution in [-0.4, -0.2) is 24.5 Å². The first-order valence-electron chi connectivity index (χ1n) is 7.37. The molecule has 3 aromatic rings. The van der Waals surface area contributed by atoms with Crippen molar-refractivity contribution in [2.24, 2.45) is 0 Å². The van der Waals surface area contributed by atoms with Crippen LogP contribution in [-0.2, 0) is 4.79 Å². The van der Waals surface area contributed by atoms with Crippen LogP contribution >= 0.6 is 22.9 Å². The summed E-state index contributed by atoms with van der Waals surface area (Å²) < 4.78 is 5.46. The summed E-state index contributed by atoms with van der Waals surface area (Å²) in [7, 11) is 1.75. The number of carbonyl (C=O) groups excluding carboxylic acids is 1. The van der Waals surface area contributed by atoms with Crippen molar-refractivity contribution in [3.63, 3.8) is 0 Å². The Morgan fingerprint density at radius 1 is 1.25 bits per heavy atom. The first-order chi connectivity index (χ1) is 11.6. The van der Waals surface area contributed by atoms with Gasteiger partial charge in [0.25, 0.3) is 5.91 Å². The minimum Gasteiger partial charge on any atom is -0.482 e. The molecule has 1 aliphatic heterocycles. The van der Waals surface area contributed by atoms with Gasteiger partial charge in [-0.15, -0.1) is 11.3 Å². The molecular formula is C18H13ClN2O2S. The molecule has 0 saturated carbocycles. The van der Waals surface area contributed by atoms with Crippen LogP contribution in [0.3, 0.4) is 0 Å². The van der Waals surface area contributed by atoms with Crippen LogP contribution < -0.4 is 9.64 Å². The van der Waals surface area contributed by atoms with Gasteiger partial charge in [-0.1, -0.05) is 29.8 Å². The molecule has 0 atom stereocenters. The third-order valence-electron chi connectivity index (χ3n) is 3.95. The lowest BCUT2D eigenvalue weighted by molar-refractivity contribution is -0.120. The molecule has 4 rings (SSSR count). The van der Waals surface area contributed by atoms with Crippen molar-refractivity contribution < 1.29 is 9.53 Å². The standard InChI is InChI=1S/C18H13ClN2O2S/c1-21-15-8-11(6-7-16(15)23-9-17(21)22)14-10-24-18(20-14)12-4-2-3-5-13(12)19/h2-8,10H,9H2,1H3. The number of nitrogens with zero attached hydrogens (tertiary/aromatic N) is 2. The minimum atomic E-state index is -0.0605. The van der Waals surface area contributed by atoms with Crippen LogP contribution in [0.5, 0.6) is 5.75 Å². The van der Waals surface area contributed by atoms with Crippen molar-refractivity contribution in [2.45, 2.75) is 0 Å². The summed E-state index contributed by atoms with van der Waals surface area (Å²) in [6, 6.07) is 13.4. The van der Waals surface area contributed by atoms with E-state index < -0.39 is 0 Å². The molecule has 4 nitrogen and oxygen atoms in total. The van der Waals surface area contributed by atoms with E-state index in [4.69, 9.17) is 21.3 Å². The second-order valence-electron chi connectivity index (χ2n) is 5.44. The van der Waals surface area contributed by atoms with Crippen LogP contribution in [0.25, 0.3) is 21.8 Å². The molecule has 0 aliphatic carbocycles. The fraction of sp³-hybridized carbons (Fsp3) is 0.111. The third kappa shape index (κ3) is 2.56. The van der Waals surface area contributed by atoms with Gasteiger partial charge in [-0.3, -0.25) is 4.79 Å². The van der Waals surface area contributed by atoms with E-state index in [2.05, 4.69) is 0 Å². The van der Waals surface area contributed by atoms with E-state index >= 15 is 0 Å². The van der Waals surface area contributed by atoms with Gasteiger partial charge in [-0.25, -0.2) is 4.98 Å². The van der Waals surface area contributed by atoms with E-state index in [-0.39, 0.29) is 12.5 Å². The third-order valence-corrected chi connectivity index (χ3v) is 5.15. The fourth-order valence-electron chi connectivity index (χ4n) is 2.60. The summed E-state index contributed by atoms with van der Waals surface area (Å²) in [5, 5.41) is 3.54. The molecule has 1 aliphatic rings. The average molecular weight is 357 g/mol. The number of carbonyl (C=O) groups is 1. The number of rotatable bonds is 2. The predicted molar refractivity (Wildman–Crippen MR) is 96.9 cm³/mol. The number of aromatic nitrogens is 1.